The predicted octanol–water partition coefficient (Wildman–Crippen LogP) is 4.87. The lowest BCUT2D eigenvalue weighted by Gasteiger charge is -2.03. The predicted molar refractivity (Wildman–Crippen MR) is 106 cm³/mol. The van der Waals surface area contributed by atoms with Gasteiger partial charge in [0.1, 0.15) is 17.2 Å². The number of rotatable bonds is 5. The van der Waals surface area contributed by atoms with Crippen molar-refractivity contribution in [3.63, 3.8) is 0 Å². The Morgan fingerprint density at radius 1 is 1.24 bits per heavy atom. The molecular formula is C18H10Cl2FN3O5. The van der Waals surface area contributed by atoms with E-state index in [-0.39, 0.29) is 27.0 Å². The van der Waals surface area contributed by atoms with Crippen molar-refractivity contribution >= 4 is 63.4 Å². The first-order valence-corrected chi connectivity index (χ1v) is 8.60. The van der Waals surface area contributed by atoms with E-state index in [4.69, 9.17) is 23.2 Å². The Bertz CT molecular complexity index is 1210. The number of nitro groups is 1. The number of halogens is 3. The summed E-state index contributed by atoms with van der Waals surface area (Å²) in [5.74, 6) is -2.92. The number of aromatic carboxylic acids is 1. The number of nitrogens with zero attached hydrogens (tertiary/aromatic N) is 1. The van der Waals surface area contributed by atoms with Gasteiger partial charge in [-0.05, 0) is 30.3 Å². The van der Waals surface area contributed by atoms with E-state index in [9.17, 15) is 29.2 Å². The number of nitrogens with one attached hydrogen (secondary N) is 2. The van der Waals surface area contributed by atoms with Crippen LogP contribution in [0.2, 0.25) is 10.0 Å². The summed E-state index contributed by atoms with van der Waals surface area (Å²) < 4.78 is 13.2. The van der Waals surface area contributed by atoms with Gasteiger partial charge in [0.2, 0.25) is 5.91 Å². The summed E-state index contributed by atoms with van der Waals surface area (Å²) in [6.45, 7) is 0. The highest BCUT2D eigenvalue weighted by Gasteiger charge is 2.19. The first-order valence-electron chi connectivity index (χ1n) is 7.84. The number of aromatic amines is 1. The Morgan fingerprint density at radius 2 is 1.97 bits per heavy atom. The van der Waals surface area contributed by atoms with Crippen molar-refractivity contribution in [2.45, 2.75) is 0 Å². The van der Waals surface area contributed by atoms with Gasteiger partial charge in [-0.1, -0.05) is 23.2 Å². The second-order valence-corrected chi connectivity index (χ2v) is 6.61. The van der Waals surface area contributed by atoms with E-state index in [1.165, 1.54) is 18.2 Å². The van der Waals surface area contributed by atoms with Gasteiger partial charge in [0.15, 0.2) is 0 Å². The van der Waals surface area contributed by atoms with Crippen LogP contribution in [-0.4, -0.2) is 26.9 Å². The molecule has 1 amide bonds. The average molecular weight is 438 g/mol. The largest absolute Gasteiger partial charge is 0.477 e. The molecule has 0 aliphatic heterocycles. The second kappa shape index (κ2) is 7.90. The van der Waals surface area contributed by atoms with Crippen LogP contribution in [0.1, 0.15) is 16.1 Å². The number of carboxylic acid groups (broad SMARTS) is 1. The van der Waals surface area contributed by atoms with Gasteiger partial charge in [0, 0.05) is 27.6 Å². The Morgan fingerprint density at radius 3 is 2.62 bits per heavy atom. The van der Waals surface area contributed by atoms with Crippen LogP contribution in [0.5, 0.6) is 0 Å². The van der Waals surface area contributed by atoms with E-state index in [2.05, 4.69) is 10.3 Å². The summed E-state index contributed by atoms with van der Waals surface area (Å²) in [6, 6.07) is 5.58. The number of carboxylic acids is 1. The van der Waals surface area contributed by atoms with Crippen LogP contribution in [0.15, 0.2) is 36.4 Å². The monoisotopic (exact) mass is 437 g/mol. The van der Waals surface area contributed by atoms with Gasteiger partial charge in [0.05, 0.1) is 16.0 Å². The minimum atomic E-state index is -1.29. The number of amides is 1. The van der Waals surface area contributed by atoms with Crippen molar-refractivity contribution in [1.82, 2.24) is 4.98 Å². The second-order valence-electron chi connectivity index (χ2n) is 5.77. The average Bonchev–Trinajstić information content (AvgIpc) is 3.00. The fraction of sp³-hybridized carbons (Fsp3) is 0. The fourth-order valence-electron chi connectivity index (χ4n) is 2.70. The van der Waals surface area contributed by atoms with E-state index in [1.807, 2.05) is 0 Å². The van der Waals surface area contributed by atoms with Crippen LogP contribution in [0.25, 0.3) is 17.0 Å². The molecule has 0 unspecified atom stereocenters. The molecule has 0 spiro atoms. The van der Waals surface area contributed by atoms with Gasteiger partial charge in [-0.15, -0.1) is 0 Å². The van der Waals surface area contributed by atoms with Crippen molar-refractivity contribution in [2.75, 3.05) is 5.32 Å². The molecule has 0 fully saturated rings. The van der Waals surface area contributed by atoms with E-state index >= 15 is 0 Å². The fourth-order valence-corrected chi connectivity index (χ4v) is 3.30. The summed E-state index contributed by atoms with van der Waals surface area (Å²) in [5, 5.41) is 23.5. The van der Waals surface area contributed by atoms with Gasteiger partial charge < -0.3 is 15.4 Å². The van der Waals surface area contributed by atoms with Crippen LogP contribution in [0.3, 0.4) is 0 Å². The van der Waals surface area contributed by atoms with Crippen LogP contribution in [0.4, 0.5) is 15.8 Å². The number of benzene rings is 2. The normalized spacial score (nSPS) is 11.1. The lowest BCUT2D eigenvalue weighted by atomic mass is 10.1. The molecule has 0 aliphatic carbocycles. The number of anilines is 1. The van der Waals surface area contributed by atoms with Gasteiger partial charge in [0.25, 0.3) is 5.69 Å². The minimum Gasteiger partial charge on any atom is -0.477 e. The van der Waals surface area contributed by atoms with Crippen LogP contribution in [0, 0.1) is 15.9 Å². The van der Waals surface area contributed by atoms with Gasteiger partial charge in [-0.2, -0.15) is 0 Å². The van der Waals surface area contributed by atoms with Gasteiger partial charge in [-0.3, -0.25) is 14.9 Å². The highest BCUT2D eigenvalue weighted by atomic mass is 35.5. The molecule has 1 aromatic heterocycles. The zero-order valence-electron chi connectivity index (χ0n) is 14.2. The molecule has 0 saturated carbocycles. The maximum absolute atomic E-state index is 13.2. The summed E-state index contributed by atoms with van der Waals surface area (Å²) in [7, 11) is 0. The highest BCUT2D eigenvalue weighted by Crippen LogP contribution is 2.33. The number of aromatic nitrogens is 1. The zero-order valence-corrected chi connectivity index (χ0v) is 15.7. The third kappa shape index (κ3) is 4.20. The van der Waals surface area contributed by atoms with Gasteiger partial charge in [-0.25, -0.2) is 9.18 Å². The first kappa shape index (κ1) is 20.3. The van der Waals surface area contributed by atoms with Crippen LogP contribution >= 0.6 is 23.2 Å². The van der Waals surface area contributed by atoms with Gasteiger partial charge >= 0.3 is 5.97 Å². The molecule has 3 N–H and O–H groups in total. The molecule has 0 aliphatic rings. The quantitative estimate of drug-likeness (QED) is 0.298. The molecule has 3 rings (SSSR count). The summed E-state index contributed by atoms with van der Waals surface area (Å²) in [6.07, 6.45) is 2.18. The first-order chi connectivity index (χ1) is 13.7. The van der Waals surface area contributed by atoms with E-state index < -0.39 is 28.3 Å². The van der Waals surface area contributed by atoms with E-state index in [0.717, 1.165) is 18.2 Å². The Balaban J connectivity index is 1.97. The van der Waals surface area contributed by atoms with E-state index in [0.29, 0.717) is 17.0 Å². The van der Waals surface area contributed by atoms with E-state index in [1.54, 1.807) is 0 Å². The van der Waals surface area contributed by atoms with Crippen molar-refractivity contribution in [2.24, 2.45) is 0 Å². The highest BCUT2D eigenvalue weighted by molar-refractivity contribution is 6.39. The number of fused-ring (bicyclic) bond motifs is 1. The Kier molecular flexibility index (Phi) is 5.53. The molecule has 2 aromatic carbocycles. The molecule has 0 atom stereocenters. The number of carbonyl (C=O) groups is 2. The van der Waals surface area contributed by atoms with Crippen molar-refractivity contribution < 1.29 is 24.0 Å². The summed E-state index contributed by atoms with van der Waals surface area (Å²) >= 11 is 12.1. The topological polar surface area (TPSA) is 125 Å². The maximum atomic E-state index is 13.2. The number of carbonyl (C=O) groups excluding carboxylic acids is 1. The number of H-pyrrole nitrogens is 1. The Hall–Kier alpha value is -3.43. The number of nitro benzene ring substituents is 1. The molecule has 3 aromatic rings. The maximum Gasteiger partial charge on any atom is 0.352 e. The molecule has 0 radical (unpaired) electrons. The lowest BCUT2D eigenvalue weighted by Crippen LogP contribution is -2.10. The minimum absolute atomic E-state index is 0.123. The standard InChI is InChI=1S/C18H10Cl2FN3O5/c19-8-5-11(20)16-10(17(18(26)27)23-13(16)6-8)2-4-15(25)22-12-3-1-9(21)7-14(12)24(28)29/h1-7,23H,(H,22,25)(H,26,27)/b4-2+. The summed E-state index contributed by atoms with van der Waals surface area (Å²) in [5.41, 5.74) is -0.580. The third-order valence-corrected chi connectivity index (χ3v) is 4.40. The Labute approximate surface area is 171 Å². The molecule has 148 valence electrons. The van der Waals surface area contributed by atoms with Crippen molar-refractivity contribution in [3.8, 4) is 0 Å². The molecule has 29 heavy (non-hydrogen) atoms. The molecular weight excluding hydrogens is 428 g/mol. The van der Waals surface area contributed by atoms with Crippen molar-refractivity contribution in [3.05, 3.63) is 73.6 Å². The molecule has 8 nitrogen and oxygen atoms in total. The SMILES string of the molecule is O=C(/C=C/c1c(C(=O)O)[nH]c2cc(Cl)cc(Cl)c12)Nc1ccc(F)cc1[N+](=O)[O-]. The van der Waals surface area contributed by atoms with Crippen LogP contribution < -0.4 is 5.32 Å². The molecule has 1 heterocycles. The molecule has 0 saturated heterocycles. The molecule has 11 heteroatoms. The number of hydrogen-bond acceptors (Lipinski definition) is 4. The number of hydrogen-bond donors (Lipinski definition) is 3. The van der Waals surface area contributed by atoms with Crippen LogP contribution in [-0.2, 0) is 4.79 Å². The van der Waals surface area contributed by atoms with Crippen molar-refractivity contribution in [1.29, 1.82) is 0 Å². The zero-order chi connectivity index (χ0) is 21.3. The smallest absolute Gasteiger partial charge is 0.352 e. The molecule has 0 bridgehead atoms. The summed E-state index contributed by atoms with van der Waals surface area (Å²) in [4.78, 5) is 36.6. The lowest BCUT2D eigenvalue weighted by molar-refractivity contribution is -0.384. The third-order valence-electron chi connectivity index (χ3n) is 3.88.